The molecule has 0 radical (unpaired) electrons. The Morgan fingerprint density at radius 2 is 1.62 bits per heavy atom. The molecule has 2 aromatic heterocycles. The minimum Gasteiger partial charge on any atom is -0.352 e. The summed E-state index contributed by atoms with van der Waals surface area (Å²) in [6, 6.07) is 9.08. The Bertz CT molecular complexity index is 1100. The number of anilines is 1. The fraction of sp³-hybridized carbons (Fsp3) is 0.450. The number of benzene rings is 1. The second-order valence-corrected chi connectivity index (χ2v) is 9.60. The van der Waals surface area contributed by atoms with Crippen LogP contribution in [0.4, 0.5) is 5.82 Å². The second-order valence-electron chi connectivity index (χ2n) is 7.66. The highest BCUT2D eigenvalue weighted by Crippen LogP contribution is 2.33. The van der Waals surface area contributed by atoms with Crippen molar-refractivity contribution in [2.45, 2.75) is 36.6 Å². The predicted octanol–water partition coefficient (Wildman–Crippen LogP) is 2.45. The van der Waals surface area contributed by atoms with E-state index in [1.54, 1.807) is 34.9 Å². The standard InChI is InChI=1S/C20H24N6O2S/c27-29(28,17-8-2-1-3-9-17)25-12-10-24(11-13-25)19-18-20(22-14-21-19)26(15-23-18)16-6-4-5-7-16/h1-3,8-9,14-16H,4-7,10-13H2. The molecule has 1 aromatic carbocycles. The van der Waals surface area contributed by atoms with Crippen molar-refractivity contribution in [2.24, 2.45) is 0 Å². The van der Waals surface area contributed by atoms with Crippen molar-refractivity contribution in [3.63, 3.8) is 0 Å². The maximum absolute atomic E-state index is 12.9. The molecule has 0 bridgehead atoms. The summed E-state index contributed by atoms with van der Waals surface area (Å²) in [5, 5.41) is 0. The largest absolute Gasteiger partial charge is 0.352 e. The molecule has 8 nitrogen and oxygen atoms in total. The molecule has 1 saturated heterocycles. The average molecular weight is 413 g/mol. The summed E-state index contributed by atoms with van der Waals surface area (Å²) in [5.41, 5.74) is 1.68. The number of nitrogens with zero attached hydrogens (tertiary/aromatic N) is 6. The summed E-state index contributed by atoms with van der Waals surface area (Å²) >= 11 is 0. The summed E-state index contributed by atoms with van der Waals surface area (Å²) < 4.78 is 29.5. The maximum atomic E-state index is 12.9. The zero-order chi connectivity index (χ0) is 19.8. The van der Waals surface area contributed by atoms with E-state index in [4.69, 9.17) is 0 Å². The minimum absolute atomic E-state index is 0.341. The molecule has 3 aromatic rings. The van der Waals surface area contributed by atoms with E-state index in [-0.39, 0.29) is 0 Å². The first kappa shape index (κ1) is 18.5. The van der Waals surface area contributed by atoms with E-state index in [1.807, 2.05) is 12.4 Å². The Balaban J connectivity index is 1.37. The highest BCUT2D eigenvalue weighted by Gasteiger charge is 2.30. The predicted molar refractivity (Wildman–Crippen MR) is 110 cm³/mol. The lowest BCUT2D eigenvalue weighted by Gasteiger charge is -2.34. The van der Waals surface area contributed by atoms with Crippen LogP contribution in [-0.2, 0) is 10.0 Å². The maximum Gasteiger partial charge on any atom is 0.243 e. The molecule has 0 spiro atoms. The highest BCUT2D eigenvalue weighted by atomic mass is 32.2. The molecule has 29 heavy (non-hydrogen) atoms. The molecular formula is C20H24N6O2S. The summed E-state index contributed by atoms with van der Waals surface area (Å²) in [7, 11) is -3.46. The average Bonchev–Trinajstić information content (AvgIpc) is 3.44. The van der Waals surface area contributed by atoms with Gasteiger partial charge in [-0.3, -0.25) is 0 Å². The van der Waals surface area contributed by atoms with Crippen molar-refractivity contribution in [1.29, 1.82) is 0 Å². The Morgan fingerprint density at radius 3 is 2.34 bits per heavy atom. The lowest BCUT2D eigenvalue weighted by Crippen LogP contribution is -2.49. The third-order valence-corrected chi connectivity index (χ3v) is 7.89. The number of hydrogen-bond acceptors (Lipinski definition) is 6. The number of aromatic nitrogens is 4. The Labute approximate surface area is 170 Å². The Kier molecular flexibility index (Phi) is 4.71. The van der Waals surface area contributed by atoms with Crippen LogP contribution in [0, 0.1) is 0 Å². The summed E-state index contributed by atoms with van der Waals surface area (Å²) in [5.74, 6) is 0.795. The molecule has 1 aliphatic heterocycles. The van der Waals surface area contributed by atoms with Crippen molar-refractivity contribution in [3.8, 4) is 0 Å². The van der Waals surface area contributed by atoms with Gasteiger partial charge in [-0.1, -0.05) is 31.0 Å². The summed E-state index contributed by atoms with van der Waals surface area (Å²) in [6.45, 7) is 2.00. The second kappa shape index (κ2) is 7.38. The zero-order valence-electron chi connectivity index (χ0n) is 16.2. The smallest absolute Gasteiger partial charge is 0.243 e. The normalized spacial score (nSPS) is 19.2. The fourth-order valence-electron chi connectivity index (χ4n) is 4.40. The van der Waals surface area contributed by atoms with Crippen LogP contribution in [0.2, 0.25) is 0 Å². The molecule has 0 atom stereocenters. The van der Waals surface area contributed by atoms with Gasteiger partial charge in [0.15, 0.2) is 17.0 Å². The van der Waals surface area contributed by atoms with Crippen LogP contribution in [-0.4, -0.2) is 58.4 Å². The molecule has 1 aliphatic carbocycles. The van der Waals surface area contributed by atoms with Crippen molar-refractivity contribution < 1.29 is 8.42 Å². The minimum atomic E-state index is -3.46. The van der Waals surface area contributed by atoms with E-state index in [1.165, 1.54) is 25.7 Å². The third-order valence-electron chi connectivity index (χ3n) is 5.98. The van der Waals surface area contributed by atoms with E-state index in [0.29, 0.717) is 37.1 Å². The lowest BCUT2D eigenvalue weighted by atomic mass is 10.2. The molecule has 0 amide bonds. The topological polar surface area (TPSA) is 84.2 Å². The molecule has 3 heterocycles. The molecule has 0 N–H and O–H groups in total. The lowest BCUT2D eigenvalue weighted by molar-refractivity contribution is 0.384. The number of rotatable bonds is 4. The van der Waals surface area contributed by atoms with Gasteiger partial charge in [0.25, 0.3) is 0 Å². The molecule has 9 heteroatoms. The van der Waals surface area contributed by atoms with Crippen molar-refractivity contribution in [1.82, 2.24) is 23.8 Å². The van der Waals surface area contributed by atoms with E-state index in [0.717, 1.165) is 17.0 Å². The van der Waals surface area contributed by atoms with Crippen molar-refractivity contribution in [3.05, 3.63) is 43.0 Å². The summed E-state index contributed by atoms with van der Waals surface area (Å²) in [6.07, 6.45) is 8.31. The number of piperazine rings is 1. The van der Waals surface area contributed by atoms with Gasteiger partial charge >= 0.3 is 0 Å². The molecular weight excluding hydrogens is 388 g/mol. The monoisotopic (exact) mass is 412 g/mol. The van der Waals surface area contributed by atoms with Gasteiger partial charge in [0, 0.05) is 32.2 Å². The van der Waals surface area contributed by atoms with E-state index in [2.05, 4.69) is 24.4 Å². The van der Waals surface area contributed by atoms with Gasteiger partial charge in [0.2, 0.25) is 10.0 Å². The van der Waals surface area contributed by atoms with E-state index >= 15 is 0 Å². The first-order chi connectivity index (χ1) is 14.1. The quantitative estimate of drug-likeness (QED) is 0.654. The van der Waals surface area contributed by atoms with E-state index in [9.17, 15) is 8.42 Å². The number of imidazole rings is 1. The van der Waals surface area contributed by atoms with Gasteiger partial charge in [0.1, 0.15) is 6.33 Å². The first-order valence-corrected chi connectivity index (χ1v) is 11.6. The van der Waals surface area contributed by atoms with Gasteiger partial charge in [-0.25, -0.2) is 23.4 Å². The Morgan fingerprint density at radius 1 is 0.897 bits per heavy atom. The fourth-order valence-corrected chi connectivity index (χ4v) is 5.85. The molecule has 2 aliphatic rings. The SMILES string of the molecule is O=S(=O)(c1ccccc1)N1CCN(c2ncnc3c2ncn3C2CCCC2)CC1. The van der Waals surface area contributed by atoms with Crippen LogP contribution in [0.15, 0.2) is 47.9 Å². The first-order valence-electron chi connectivity index (χ1n) is 10.1. The van der Waals surface area contributed by atoms with Gasteiger partial charge < -0.3 is 9.47 Å². The van der Waals surface area contributed by atoms with Gasteiger partial charge in [-0.05, 0) is 25.0 Å². The van der Waals surface area contributed by atoms with Crippen LogP contribution in [0.25, 0.3) is 11.2 Å². The van der Waals surface area contributed by atoms with Crippen molar-refractivity contribution in [2.75, 3.05) is 31.1 Å². The molecule has 1 saturated carbocycles. The number of sulfonamides is 1. The van der Waals surface area contributed by atoms with Crippen LogP contribution < -0.4 is 4.90 Å². The third kappa shape index (κ3) is 3.28. The highest BCUT2D eigenvalue weighted by molar-refractivity contribution is 7.89. The summed E-state index contributed by atoms with van der Waals surface area (Å²) in [4.78, 5) is 16.1. The van der Waals surface area contributed by atoms with Crippen LogP contribution >= 0.6 is 0 Å². The number of fused-ring (bicyclic) bond motifs is 1. The number of hydrogen-bond donors (Lipinski definition) is 0. The van der Waals surface area contributed by atoms with Crippen LogP contribution in [0.3, 0.4) is 0 Å². The van der Waals surface area contributed by atoms with Gasteiger partial charge in [-0.2, -0.15) is 4.31 Å². The van der Waals surface area contributed by atoms with E-state index < -0.39 is 10.0 Å². The van der Waals surface area contributed by atoms with Gasteiger partial charge in [-0.15, -0.1) is 0 Å². The Hall–Kier alpha value is -2.52. The van der Waals surface area contributed by atoms with Crippen LogP contribution in [0.5, 0.6) is 0 Å². The van der Waals surface area contributed by atoms with Crippen molar-refractivity contribution >= 4 is 27.0 Å². The molecule has 152 valence electrons. The zero-order valence-corrected chi connectivity index (χ0v) is 17.0. The molecule has 5 rings (SSSR count). The van der Waals surface area contributed by atoms with Crippen LogP contribution in [0.1, 0.15) is 31.7 Å². The van der Waals surface area contributed by atoms with Gasteiger partial charge in [0.05, 0.1) is 11.2 Å². The molecule has 2 fully saturated rings. The molecule has 0 unspecified atom stereocenters.